The summed E-state index contributed by atoms with van der Waals surface area (Å²) in [5.74, 6) is -0.0186. The van der Waals surface area contributed by atoms with Gasteiger partial charge in [0, 0.05) is 82.2 Å². The van der Waals surface area contributed by atoms with E-state index in [0.717, 1.165) is 31.1 Å². The maximum Gasteiger partial charge on any atom is 0.245 e. The van der Waals surface area contributed by atoms with Crippen LogP contribution in [0.3, 0.4) is 0 Å². The van der Waals surface area contributed by atoms with Crippen LogP contribution in [0.5, 0.6) is 0 Å². The standard InChI is InChI=1S/C43H44F4N12O2/c1-22-49-35-13-25(46)11-31-34-5-4-6-38(51-34)50-26-14-37(42(60)54(2)20-30(61-3)21-56(22)39(31)35)57(17-26)40-32-16-48-59(36-8-7-23(44)12-33(36)47)41(32)53-43(52-40)58-28-15-29(58)19-55(18-28)27-9-24(45)10-27/h4-8,11-13,16,24,26-30,37H,9-10,14-15,17-21H2,1-3H3,(H,50,51)/t24?,26-,27?,28?,29?,30-,37-/m0/s1. The van der Waals surface area contributed by atoms with E-state index in [1.54, 1.807) is 25.3 Å². The summed E-state index contributed by atoms with van der Waals surface area (Å²) < 4.78 is 68.0. The number of nitrogens with one attached hydrogen (secondary N) is 1. The topological polar surface area (TPSA) is 126 Å². The van der Waals surface area contributed by atoms with Crippen molar-refractivity contribution in [3.05, 3.63) is 78.0 Å². The van der Waals surface area contributed by atoms with Crippen LogP contribution < -0.4 is 15.1 Å². The van der Waals surface area contributed by atoms with Gasteiger partial charge in [0.05, 0.1) is 41.0 Å². The minimum atomic E-state index is -0.803. The number of likely N-dealkylation sites (N-methyl/N-ethyl adjacent to an activating group) is 1. The van der Waals surface area contributed by atoms with E-state index in [0.29, 0.717) is 83.6 Å². The molecule has 6 bridgehead atoms. The number of aryl methyl sites for hydroxylation is 1. The Morgan fingerprint density at radius 2 is 1.67 bits per heavy atom. The van der Waals surface area contributed by atoms with Crippen molar-refractivity contribution in [3.8, 4) is 16.9 Å². The molecular weight excluding hydrogens is 793 g/mol. The molecule has 1 amide bonds. The van der Waals surface area contributed by atoms with Crippen LogP contribution in [0, 0.1) is 24.4 Å². The number of nitrogens with zero attached hydrogens (tertiary/aromatic N) is 11. The summed E-state index contributed by atoms with van der Waals surface area (Å²) in [7, 11) is 3.36. The van der Waals surface area contributed by atoms with Gasteiger partial charge in [-0.2, -0.15) is 15.1 Å². The maximum absolute atomic E-state index is 15.5. The van der Waals surface area contributed by atoms with Crippen molar-refractivity contribution in [1.82, 2.24) is 44.1 Å². The molecule has 6 aromatic rings. The van der Waals surface area contributed by atoms with Gasteiger partial charge in [-0.05, 0) is 62.9 Å². The number of piperidine rings is 1. The van der Waals surface area contributed by atoms with Crippen molar-refractivity contribution in [2.24, 2.45) is 0 Å². The highest BCUT2D eigenvalue weighted by Crippen LogP contribution is 2.42. The van der Waals surface area contributed by atoms with Crippen molar-refractivity contribution in [3.63, 3.8) is 0 Å². The number of carbonyl (C=O) groups excluding carboxylic acids is 1. The number of methoxy groups -OCH3 is 1. The molecule has 61 heavy (non-hydrogen) atoms. The fraction of sp³-hybridized carbons (Fsp3) is 0.442. The monoisotopic (exact) mass is 836 g/mol. The number of anilines is 3. The van der Waals surface area contributed by atoms with Gasteiger partial charge in [-0.3, -0.25) is 9.69 Å². The number of amides is 1. The Bertz CT molecular complexity index is 2710. The van der Waals surface area contributed by atoms with E-state index in [1.807, 2.05) is 34.6 Å². The number of halogens is 4. The third-order valence-corrected chi connectivity index (χ3v) is 13.4. The number of fused-ring (bicyclic) bond motifs is 8. The number of alkyl halides is 1. The number of carbonyl (C=O) groups is 1. The molecule has 12 rings (SSSR count). The zero-order valence-corrected chi connectivity index (χ0v) is 33.8. The van der Waals surface area contributed by atoms with E-state index in [4.69, 9.17) is 24.7 Å². The molecule has 5 fully saturated rings. The molecule has 0 radical (unpaired) electrons. The highest BCUT2D eigenvalue weighted by molar-refractivity contribution is 5.94. The van der Waals surface area contributed by atoms with E-state index in [9.17, 15) is 13.6 Å². The van der Waals surface area contributed by atoms with Crippen LogP contribution in [0.4, 0.5) is 35.1 Å². The molecule has 4 aromatic heterocycles. The van der Waals surface area contributed by atoms with Gasteiger partial charge in [0.2, 0.25) is 11.9 Å². The number of piperazine rings is 1. The summed E-state index contributed by atoms with van der Waals surface area (Å²) in [6.45, 7) is 4.25. The van der Waals surface area contributed by atoms with Crippen molar-refractivity contribution < 1.29 is 27.1 Å². The van der Waals surface area contributed by atoms with Crippen LogP contribution in [0.15, 0.2) is 54.7 Å². The van der Waals surface area contributed by atoms with E-state index < -0.39 is 35.8 Å². The zero-order chi connectivity index (χ0) is 41.8. The van der Waals surface area contributed by atoms with E-state index in [2.05, 4.69) is 20.2 Å². The van der Waals surface area contributed by atoms with Crippen LogP contribution in [0.1, 0.15) is 31.5 Å². The molecule has 1 N–H and O–H groups in total. The fourth-order valence-electron chi connectivity index (χ4n) is 10.2. The van der Waals surface area contributed by atoms with Gasteiger partial charge in [0.15, 0.2) is 11.5 Å². The second kappa shape index (κ2) is 14.4. The lowest BCUT2D eigenvalue weighted by Crippen LogP contribution is -2.71. The minimum absolute atomic E-state index is 0.0194. The summed E-state index contributed by atoms with van der Waals surface area (Å²) >= 11 is 0. The number of aromatic nitrogens is 7. The average Bonchev–Trinajstić information content (AvgIpc) is 3.93. The largest absolute Gasteiger partial charge is 0.378 e. The molecule has 6 aliphatic rings. The van der Waals surface area contributed by atoms with Crippen molar-refractivity contribution >= 4 is 45.6 Å². The number of pyridine rings is 1. The third-order valence-electron chi connectivity index (χ3n) is 13.4. The first-order valence-corrected chi connectivity index (χ1v) is 20.8. The summed E-state index contributed by atoms with van der Waals surface area (Å²) in [5.41, 5.74) is 2.70. The van der Waals surface area contributed by atoms with Crippen molar-refractivity contribution in [2.45, 2.75) is 81.6 Å². The Kier molecular flexibility index (Phi) is 8.96. The lowest BCUT2D eigenvalue weighted by molar-refractivity contribution is -0.132. The van der Waals surface area contributed by atoms with E-state index in [1.165, 1.54) is 28.9 Å². The predicted molar refractivity (Wildman–Crippen MR) is 220 cm³/mol. The Balaban J connectivity index is 1.02. The molecule has 14 nitrogen and oxygen atoms in total. The number of hydrogen-bond donors (Lipinski definition) is 1. The number of imidazole rings is 1. The molecule has 1 saturated carbocycles. The SMILES string of the molecule is CO[C@H]1CN(C)C(=O)[C@@H]2C[C@@H](CN2c2nc(N3C4CC3CN(C3CC(F)C3)C4)nc3c2cnn3-c2ccc(F)cc2F)Nc2cccc(n2)-c2cc(F)cc3nc(C)n(c23)C1. The molecule has 18 heteroatoms. The summed E-state index contributed by atoms with van der Waals surface area (Å²) in [5, 5.41) is 8.64. The van der Waals surface area contributed by atoms with E-state index >= 15 is 8.78 Å². The number of ether oxygens (including phenoxy) is 1. The van der Waals surface area contributed by atoms with Crippen LogP contribution in [-0.4, -0.2) is 133 Å². The van der Waals surface area contributed by atoms with Gasteiger partial charge >= 0.3 is 0 Å². The Labute approximate surface area is 348 Å². The lowest BCUT2D eigenvalue weighted by atomic mass is 9.82. The molecular formula is C43H44F4N12O2. The lowest BCUT2D eigenvalue weighted by Gasteiger charge is -2.59. The molecule has 4 saturated heterocycles. The average molecular weight is 837 g/mol. The number of rotatable bonds is 5. The zero-order valence-electron chi connectivity index (χ0n) is 33.8. The van der Waals surface area contributed by atoms with Crippen LogP contribution in [0.2, 0.25) is 0 Å². The summed E-state index contributed by atoms with van der Waals surface area (Å²) in [6.07, 6.45) is 2.76. The predicted octanol–water partition coefficient (Wildman–Crippen LogP) is 5.26. The molecule has 2 unspecified atom stereocenters. The highest BCUT2D eigenvalue weighted by atomic mass is 19.1. The van der Waals surface area contributed by atoms with Gasteiger partial charge in [-0.25, -0.2) is 32.2 Å². The first-order chi connectivity index (χ1) is 29.5. The molecule has 5 aliphatic heterocycles. The normalized spacial score (nSPS) is 26.6. The van der Waals surface area contributed by atoms with Gasteiger partial charge in [-0.1, -0.05) is 6.07 Å². The van der Waals surface area contributed by atoms with Gasteiger partial charge in [-0.15, -0.1) is 0 Å². The first-order valence-electron chi connectivity index (χ1n) is 20.8. The fourth-order valence-corrected chi connectivity index (χ4v) is 10.2. The third kappa shape index (κ3) is 6.35. The molecule has 9 heterocycles. The molecule has 1 aliphatic carbocycles. The van der Waals surface area contributed by atoms with Gasteiger partial charge in [0.25, 0.3) is 0 Å². The van der Waals surface area contributed by atoms with E-state index in [-0.39, 0.29) is 42.3 Å². The van der Waals surface area contributed by atoms with Gasteiger partial charge < -0.3 is 29.3 Å². The Hall–Kier alpha value is -5.88. The smallest absolute Gasteiger partial charge is 0.245 e. The molecule has 5 atom stereocenters. The molecule has 2 aromatic carbocycles. The minimum Gasteiger partial charge on any atom is -0.378 e. The Morgan fingerprint density at radius 3 is 2.44 bits per heavy atom. The second-order valence-electron chi connectivity index (χ2n) is 17.2. The second-order valence-corrected chi connectivity index (χ2v) is 17.2. The summed E-state index contributed by atoms with van der Waals surface area (Å²) in [6, 6.07) is 11.1. The number of benzene rings is 2. The van der Waals surface area contributed by atoms with Crippen molar-refractivity contribution in [2.75, 3.05) is 55.5 Å². The van der Waals surface area contributed by atoms with Crippen LogP contribution in [-0.2, 0) is 16.1 Å². The molecule has 0 spiro atoms. The van der Waals surface area contributed by atoms with Crippen LogP contribution >= 0.6 is 0 Å². The van der Waals surface area contributed by atoms with Crippen molar-refractivity contribution in [1.29, 1.82) is 0 Å². The maximum atomic E-state index is 15.5. The highest BCUT2D eigenvalue weighted by Gasteiger charge is 2.50. The quantitative estimate of drug-likeness (QED) is 0.229. The number of hydrogen-bond acceptors (Lipinski definition) is 11. The molecule has 316 valence electrons. The van der Waals surface area contributed by atoms with Crippen LogP contribution in [0.25, 0.3) is 39.0 Å². The first kappa shape index (κ1) is 38.1. The van der Waals surface area contributed by atoms with Gasteiger partial charge in [0.1, 0.15) is 47.0 Å². The Morgan fingerprint density at radius 1 is 0.852 bits per heavy atom. The summed E-state index contributed by atoms with van der Waals surface area (Å²) in [4.78, 5) is 43.0.